The van der Waals surface area contributed by atoms with Gasteiger partial charge in [-0.2, -0.15) is 0 Å². The van der Waals surface area contributed by atoms with Gasteiger partial charge in [0.05, 0.1) is 39.6 Å². The summed E-state index contributed by atoms with van der Waals surface area (Å²) < 4.78 is 26.3. The highest BCUT2D eigenvalue weighted by atomic mass is 16.5. The van der Waals surface area contributed by atoms with Crippen molar-refractivity contribution in [1.29, 1.82) is 0 Å². The van der Waals surface area contributed by atoms with Crippen LogP contribution in [0.15, 0.2) is 24.3 Å². The van der Waals surface area contributed by atoms with Crippen molar-refractivity contribution in [3.8, 4) is 11.5 Å². The predicted molar refractivity (Wildman–Crippen MR) is 78.0 cm³/mol. The number of hydrogen-bond acceptors (Lipinski definition) is 6. The van der Waals surface area contributed by atoms with E-state index in [2.05, 4.69) is 0 Å². The Hall–Kier alpha value is -1.34. The lowest BCUT2D eigenvalue weighted by molar-refractivity contribution is 0.0544. The van der Waals surface area contributed by atoms with Gasteiger partial charge >= 0.3 is 0 Å². The second kappa shape index (κ2) is 12.4. The second-order valence-electron chi connectivity index (χ2n) is 4.11. The highest BCUT2D eigenvalue weighted by Gasteiger charge is 1.97. The molecule has 0 aliphatic carbocycles. The minimum atomic E-state index is 0.0290. The van der Waals surface area contributed by atoms with Crippen LogP contribution in [0.2, 0.25) is 0 Å². The van der Waals surface area contributed by atoms with Crippen molar-refractivity contribution < 1.29 is 28.8 Å². The fourth-order valence-corrected chi connectivity index (χ4v) is 1.48. The Balaban J connectivity index is 2.09. The van der Waals surface area contributed by atoms with Gasteiger partial charge in [0, 0.05) is 7.11 Å². The van der Waals surface area contributed by atoms with E-state index in [0.29, 0.717) is 46.2 Å². The molecule has 6 nitrogen and oxygen atoms in total. The molecule has 0 spiro atoms. The van der Waals surface area contributed by atoms with Gasteiger partial charge in [0.2, 0.25) is 0 Å². The van der Waals surface area contributed by atoms with Gasteiger partial charge in [0.1, 0.15) is 24.7 Å². The molecule has 0 heterocycles. The first kappa shape index (κ1) is 17.7. The van der Waals surface area contributed by atoms with Gasteiger partial charge in [0.15, 0.2) is 0 Å². The molecule has 120 valence electrons. The van der Waals surface area contributed by atoms with Crippen molar-refractivity contribution >= 4 is 0 Å². The summed E-state index contributed by atoms with van der Waals surface area (Å²) >= 11 is 0. The first-order chi connectivity index (χ1) is 10.4. The van der Waals surface area contributed by atoms with E-state index >= 15 is 0 Å². The molecule has 6 heteroatoms. The third kappa shape index (κ3) is 9.25. The standard InChI is InChI=1S/C15H24O6/c1-17-8-9-19-11-13-21-15-4-2-14(3-5-15)20-12-10-18-7-6-16/h2-5,16H,6-13H2,1H3. The first-order valence-corrected chi connectivity index (χ1v) is 6.97. The minimum Gasteiger partial charge on any atom is -0.491 e. The highest BCUT2D eigenvalue weighted by Crippen LogP contribution is 2.17. The SMILES string of the molecule is COCCOCCOc1ccc(OCCOCCO)cc1. The van der Waals surface area contributed by atoms with Crippen molar-refractivity contribution in [3.05, 3.63) is 24.3 Å². The number of ether oxygens (including phenoxy) is 5. The molecule has 0 saturated heterocycles. The summed E-state index contributed by atoms with van der Waals surface area (Å²) in [5.74, 6) is 1.53. The van der Waals surface area contributed by atoms with Crippen LogP contribution in [0.1, 0.15) is 0 Å². The summed E-state index contributed by atoms with van der Waals surface area (Å²) in [7, 11) is 1.64. The molecule has 21 heavy (non-hydrogen) atoms. The molecule has 0 aliphatic heterocycles. The fraction of sp³-hybridized carbons (Fsp3) is 0.600. The highest BCUT2D eigenvalue weighted by molar-refractivity contribution is 5.31. The lowest BCUT2D eigenvalue weighted by Gasteiger charge is -2.09. The monoisotopic (exact) mass is 300 g/mol. The zero-order valence-electron chi connectivity index (χ0n) is 12.5. The molecule has 0 bridgehead atoms. The van der Waals surface area contributed by atoms with E-state index in [1.54, 1.807) is 7.11 Å². The fourth-order valence-electron chi connectivity index (χ4n) is 1.48. The maximum atomic E-state index is 8.55. The number of benzene rings is 1. The van der Waals surface area contributed by atoms with Crippen LogP contribution in [0.3, 0.4) is 0 Å². The summed E-state index contributed by atoms with van der Waals surface area (Å²) in [6.45, 7) is 3.47. The molecule has 1 N–H and O–H groups in total. The topological polar surface area (TPSA) is 66.4 Å². The van der Waals surface area contributed by atoms with Crippen molar-refractivity contribution in [1.82, 2.24) is 0 Å². The Labute approximate surface area is 125 Å². The molecule has 0 radical (unpaired) electrons. The predicted octanol–water partition coefficient (Wildman–Crippen LogP) is 1.12. The van der Waals surface area contributed by atoms with Crippen LogP contribution in [0, 0.1) is 0 Å². The van der Waals surface area contributed by atoms with Gasteiger partial charge in [-0.1, -0.05) is 0 Å². The molecule has 0 unspecified atom stereocenters. The van der Waals surface area contributed by atoms with Crippen LogP contribution >= 0.6 is 0 Å². The Morgan fingerprint density at radius 2 is 1.19 bits per heavy atom. The molecule has 0 aliphatic rings. The third-order valence-corrected chi connectivity index (χ3v) is 2.48. The van der Waals surface area contributed by atoms with Crippen LogP contribution in [0.5, 0.6) is 11.5 Å². The van der Waals surface area contributed by atoms with Crippen molar-refractivity contribution in [2.45, 2.75) is 0 Å². The first-order valence-electron chi connectivity index (χ1n) is 6.97. The quantitative estimate of drug-likeness (QED) is 0.551. The average molecular weight is 300 g/mol. The molecule has 1 rings (SSSR count). The van der Waals surface area contributed by atoms with Crippen LogP contribution in [-0.2, 0) is 14.2 Å². The summed E-state index contributed by atoms with van der Waals surface area (Å²) in [4.78, 5) is 0. The maximum absolute atomic E-state index is 8.55. The van der Waals surface area contributed by atoms with Crippen LogP contribution in [0.4, 0.5) is 0 Å². The molecular formula is C15H24O6. The van der Waals surface area contributed by atoms with Crippen molar-refractivity contribution in [3.63, 3.8) is 0 Å². The molecule has 0 atom stereocenters. The summed E-state index contributed by atoms with van der Waals surface area (Å²) in [6, 6.07) is 7.37. The number of aliphatic hydroxyl groups is 1. The van der Waals surface area contributed by atoms with Crippen molar-refractivity contribution in [2.75, 3.05) is 60.0 Å². The van der Waals surface area contributed by atoms with E-state index in [1.807, 2.05) is 24.3 Å². The van der Waals surface area contributed by atoms with E-state index < -0.39 is 0 Å². The molecule has 0 amide bonds. The normalized spacial score (nSPS) is 10.6. The minimum absolute atomic E-state index is 0.0290. The Kier molecular flexibility index (Phi) is 10.5. The summed E-state index contributed by atoms with van der Waals surface area (Å²) in [6.07, 6.45) is 0. The summed E-state index contributed by atoms with van der Waals surface area (Å²) in [5.41, 5.74) is 0. The van der Waals surface area contributed by atoms with Gasteiger partial charge in [0.25, 0.3) is 0 Å². The molecule has 1 aromatic carbocycles. The van der Waals surface area contributed by atoms with E-state index in [1.165, 1.54) is 0 Å². The van der Waals surface area contributed by atoms with Crippen LogP contribution < -0.4 is 9.47 Å². The van der Waals surface area contributed by atoms with E-state index in [4.69, 9.17) is 28.8 Å². The van der Waals surface area contributed by atoms with Crippen molar-refractivity contribution in [2.24, 2.45) is 0 Å². The van der Waals surface area contributed by atoms with Crippen LogP contribution in [0.25, 0.3) is 0 Å². The number of methoxy groups -OCH3 is 1. The van der Waals surface area contributed by atoms with Gasteiger partial charge in [-0.05, 0) is 24.3 Å². The zero-order chi connectivity index (χ0) is 15.2. The lowest BCUT2D eigenvalue weighted by atomic mass is 10.3. The average Bonchev–Trinajstić information content (AvgIpc) is 2.52. The Morgan fingerprint density at radius 1 is 0.714 bits per heavy atom. The second-order valence-corrected chi connectivity index (χ2v) is 4.11. The molecule has 1 aromatic rings. The largest absolute Gasteiger partial charge is 0.491 e. The molecule has 0 fully saturated rings. The number of hydrogen-bond donors (Lipinski definition) is 1. The molecular weight excluding hydrogens is 276 g/mol. The van der Waals surface area contributed by atoms with E-state index in [0.717, 1.165) is 11.5 Å². The van der Waals surface area contributed by atoms with Gasteiger partial charge < -0.3 is 28.8 Å². The Morgan fingerprint density at radius 3 is 1.67 bits per heavy atom. The molecule has 0 saturated carbocycles. The Bertz CT molecular complexity index is 341. The molecule has 0 aromatic heterocycles. The zero-order valence-corrected chi connectivity index (χ0v) is 12.5. The maximum Gasteiger partial charge on any atom is 0.119 e. The number of rotatable bonds is 13. The van der Waals surface area contributed by atoms with Gasteiger partial charge in [-0.15, -0.1) is 0 Å². The van der Waals surface area contributed by atoms with Gasteiger partial charge in [-0.25, -0.2) is 0 Å². The van der Waals surface area contributed by atoms with Crippen LogP contribution in [-0.4, -0.2) is 65.1 Å². The van der Waals surface area contributed by atoms with E-state index in [-0.39, 0.29) is 6.61 Å². The lowest BCUT2D eigenvalue weighted by Crippen LogP contribution is -2.10. The number of aliphatic hydroxyl groups excluding tert-OH is 1. The van der Waals surface area contributed by atoms with Gasteiger partial charge in [-0.3, -0.25) is 0 Å². The summed E-state index contributed by atoms with van der Waals surface area (Å²) in [5, 5.41) is 8.55. The third-order valence-electron chi connectivity index (χ3n) is 2.48. The van der Waals surface area contributed by atoms with E-state index in [9.17, 15) is 0 Å². The smallest absolute Gasteiger partial charge is 0.119 e.